The Morgan fingerprint density at radius 1 is 1.17 bits per heavy atom. The molecule has 7 heteroatoms. The first-order chi connectivity index (χ1) is 11.1. The van der Waals surface area contributed by atoms with Gasteiger partial charge in [-0.05, 0) is 24.3 Å². The van der Waals surface area contributed by atoms with Crippen molar-refractivity contribution in [3.05, 3.63) is 29.8 Å². The molecule has 1 aliphatic rings. The average Bonchev–Trinajstić information content (AvgIpc) is 2.60. The zero-order valence-corrected chi connectivity index (χ0v) is 13.2. The number of hydrogen-bond donors (Lipinski definition) is 1. The highest BCUT2D eigenvalue weighted by molar-refractivity contribution is 5.93. The Morgan fingerprint density at radius 3 is 2.39 bits per heavy atom. The number of hydrogen-bond acceptors (Lipinski definition) is 5. The van der Waals surface area contributed by atoms with Gasteiger partial charge in [0.1, 0.15) is 0 Å². The fourth-order valence-corrected chi connectivity index (χ4v) is 2.38. The van der Waals surface area contributed by atoms with Gasteiger partial charge in [0.2, 0.25) is 12.3 Å². The summed E-state index contributed by atoms with van der Waals surface area (Å²) in [5, 5.41) is 2.80. The molecule has 2 amide bonds. The summed E-state index contributed by atoms with van der Waals surface area (Å²) >= 11 is 0. The Hall–Kier alpha value is -2.41. The third kappa shape index (κ3) is 5.07. The maximum absolute atomic E-state index is 12.0. The van der Waals surface area contributed by atoms with Crippen molar-refractivity contribution in [3.63, 3.8) is 0 Å². The van der Waals surface area contributed by atoms with Gasteiger partial charge in [0, 0.05) is 44.8 Å². The van der Waals surface area contributed by atoms with E-state index < -0.39 is 5.97 Å². The zero-order valence-electron chi connectivity index (χ0n) is 13.2. The lowest BCUT2D eigenvalue weighted by Crippen LogP contribution is -2.46. The number of anilines is 1. The third-order valence-electron chi connectivity index (χ3n) is 3.80. The summed E-state index contributed by atoms with van der Waals surface area (Å²) in [5.74, 6) is -0.481. The van der Waals surface area contributed by atoms with Crippen molar-refractivity contribution in [2.45, 2.75) is 6.42 Å². The number of esters is 1. The molecule has 1 fully saturated rings. The zero-order chi connectivity index (χ0) is 16.7. The molecule has 1 saturated heterocycles. The SMILES string of the molecule is COC(=O)c1ccc(NC(=O)CCN2CCN(C=O)CC2)cc1. The second-order valence-corrected chi connectivity index (χ2v) is 5.35. The first-order valence-electron chi connectivity index (χ1n) is 7.52. The van der Waals surface area contributed by atoms with Gasteiger partial charge in [-0.15, -0.1) is 0 Å². The van der Waals surface area contributed by atoms with Gasteiger partial charge in [-0.1, -0.05) is 0 Å². The van der Waals surface area contributed by atoms with E-state index in [0.29, 0.717) is 37.3 Å². The van der Waals surface area contributed by atoms with E-state index in [1.807, 2.05) is 0 Å². The molecule has 1 aromatic rings. The predicted molar refractivity (Wildman–Crippen MR) is 85.1 cm³/mol. The van der Waals surface area contributed by atoms with Crippen molar-refractivity contribution in [3.8, 4) is 0 Å². The number of ether oxygens (including phenoxy) is 1. The van der Waals surface area contributed by atoms with E-state index in [1.165, 1.54) is 7.11 Å². The molecule has 1 heterocycles. The minimum atomic E-state index is -0.405. The number of nitrogens with one attached hydrogen (secondary N) is 1. The van der Waals surface area contributed by atoms with Crippen LogP contribution in [-0.4, -0.2) is 67.9 Å². The molecule has 0 aromatic heterocycles. The van der Waals surface area contributed by atoms with Crippen LogP contribution in [0.25, 0.3) is 0 Å². The van der Waals surface area contributed by atoms with Crippen LogP contribution < -0.4 is 5.32 Å². The van der Waals surface area contributed by atoms with Gasteiger partial charge in [-0.2, -0.15) is 0 Å². The van der Waals surface area contributed by atoms with Crippen molar-refractivity contribution in [2.24, 2.45) is 0 Å². The Bertz CT molecular complexity index is 551. The molecule has 7 nitrogen and oxygen atoms in total. The van der Waals surface area contributed by atoms with Crippen LogP contribution >= 0.6 is 0 Å². The summed E-state index contributed by atoms with van der Waals surface area (Å²) in [6.07, 6.45) is 1.25. The molecule has 0 radical (unpaired) electrons. The molecule has 0 spiro atoms. The quantitative estimate of drug-likeness (QED) is 0.613. The maximum Gasteiger partial charge on any atom is 0.337 e. The van der Waals surface area contributed by atoms with E-state index in [2.05, 4.69) is 15.0 Å². The normalized spacial score (nSPS) is 15.1. The van der Waals surface area contributed by atoms with Crippen LogP contribution in [0.15, 0.2) is 24.3 Å². The molecule has 0 saturated carbocycles. The molecule has 1 N–H and O–H groups in total. The van der Waals surface area contributed by atoms with E-state index in [0.717, 1.165) is 19.5 Å². The molecule has 0 unspecified atom stereocenters. The van der Waals surface area contributed by atoms with E-state index in [4.69, 9.17) is 0 Å². The van der Waals surface area contributed by atoms with Crippen molar-refractivity contribution in [1.82, 2.24) is 9.80 Å². The molecule has 23 heavy (non-hydrogen) atoms. The molecule has 1 aliphatic heterocycles. The van der Waals surface area contributed by atoms with Crippen LogP contribution in [0.3, 0.4) is 0 Å². The Balaban J connectivity index is 1.74. The summed E-state index contributed by atoms with van der Waals surface area (Å²) in [5.41, 5.74) is 1.09. The summed E-state index contributed by atoms with van der Waals surface area (Å²) in [7, 11) is 1.33. The monoisotopic (exact) mass is 319 g/mol. The lowest BCUT2D eigenvalue weighted by molar-refractivity contribution is -0.120. The van der Waals surface area contributed by atoms with Crippen LogP contribution in [0, 0.1) is 0 Å². The number of carbonyl (C=O) groups is 3. The number of nitrogens with zero attached hydrogens (tertiary/aromatic N) is 2. The van der Waals surface area contributed by atoms with Crippen LogP contribution in [0.2, 0.25) is 0 Å². The Morgan fingerprint density at radius 2 is 1.83 bits per heavy atom. The second-order valence-electron chi connectivity index (χ2n) is 5.35. The summed E-state index contributed by atoms with van der Waals surface area (Å²) in [6, 6.07) is 6.57. The number of benzene rings is 1. The van der Waals surface area contributed by atoms with Crippen molar-refractivity contribution < 1.29 is 19.1 Å². The van der Waals surface area contributed by atoms with Gasteiger partial charge in [0.15, 0.2) is 0 Å². The first-order valence-corrected chi connectivity index (χ1v) is 7.52. The second kappa shape index (κ2) is 8.28. The van der Waals surface area contributed by atoms with Crippen molar-refractivity contribution in [2.75, 3.05) is 45.2 Å². The highest BCUT2D eigenvalue weighted by atomic mass is 16.5. The number of methoxy groups -OCH3 is 1. The maximum atomic E-state index is 12.0. The fourth-order valence-electron chi connectivity index (χ4n) is 2.38. The Labute approximate surface area is 135 Å². The number of carbonyl (C=O) groups excluding carboxylic acids is 3. The van der Waals surface area contributed by atoms with Gasteiger partial charge in [-0.25, -0.2) is 4.79 Å². The Kier molecular flexibility index (Phi) is 6.10. The first kappa shape index (κ1) is 17.0. The molecule has 0 bridgehead atoms. The molecule has 1 aromatic carbocycles. The van der Waals surface area contributed by atoms with Crippen LogP contribution in [-0.2, 0) is 14.3 Å². The fraction of sp³-hybridized carbons (Fsp3) is 0.438. The number of amides is 2. The highest BCUT2D eigenvalue weighted by Gasteiger charge is 2.16. The highest BCUT2D eigenvalue weighted by Crippen LogP contribution is 2.11. The largest absolute Gasteiger partial charge is 0.465 e. The van der Waals surface area contributed by atoms with Gasteiger partial charge in [0.25, 0.3) is 0 Å². The number of piperazine rings is 1. The topological polar surface area (TPSA) is 79.0 Å². The van der Waals surface area contributed by atoms with Gasteiger partial charge >= 0.3 is 5.97 Å². The summed E-state index contributed by atoms with van der Waals surface area (Å²) < 4.78 is 4.62. The number of rotatable bonds is 6. The van der Waals surface area contributed by atoms with E-state index >= 15 is 0 Å². The predicted octanol–water partition coefficient (Wildman–Crippen LogP) is 0.576. The standard InChI is InChI=1S/C16H21N3O4/c1-23-16(22)13-2-4-14(5-3-13)17-15(21)6-7-18-8-10-19(12-20)11-9-18/h2-5,12H,6-11H2,1H3,(H,17,21). The van der Waals surface area contributed by atoms with Crippen LogP contribution in [0.5, 0.6) is 0 Å². The van der Waals surface area contributed by atoms with Gasteiger partial charge < -0.3 is 15.0 Å². The van der Waals surface area contributed by atoms with Crippen LogP contribution in [0.4, 0.5) is 5.69 Å². The molecular weight excluding hydrogens is 298 g/mol. The summed E-state index contributed by atoms with van der Waals surface area (Å²) in [4.78, 5) is 37.8. The third-order valence-corrected chi connectivity index (χ3v) is 3.80. The van der Waals surface area contributed by atoms with Crippen LogP contribution in [0.1, 0.15) is 16.8 Å². The smallest absolute Gasteiger partial charge is 0.337 e. The van der Waals surface area contributed by atoms with E-state index in [1.54, 1.807) is 29.2 Å². The molecule has 2 rings (SSSR count). The van der Waals surface area contributed by atoms with Crippen molar-refractivity contribution in [1.29, 1.82) is 0 Å². The van der Waals surface area contributed by atoms with Gasteiger partial charge in [-0.3, -0.25) is 14.5 Å². The van der Waals surface area contributed by atoms with E-state index in [9.17, 15) is 14.4 Å². The lowest BCUT2D eigenvalue weighted by Gasteiger charge is -2.32. The van der Waals surface area contributed by atoms with E-state index in [-0.39, 0.29) is 5.91 Å². The molecular formula is C16H21N3O4. The minimum absolute atomic E-state index is 0.0753. The summed E-state index contributed by atoms with van der Waals surface area (Å²) in [6.45, 7) is 3.67. The van der Waals surface area contributed by atoms with Crippen molar-refractivity contribution >= 4 is 24.0 Å². The lowest BCUT2D eigenvalue weighted by atomic mass is 10.2. The minimum Gasteiger partial charge on any atom is -0.465 e. The average molecular weight is 319 g/mol. The molecule has 0 atom stereocenters. The van der Waals surface area contributed by atoms with Gasteiger partial charge in [0.05, 0.1) is 12.7 Å². The molecule has 124 valence electrons. The molecule has 0 aliphatic carbocycles.